The number of amides is 1. The average molecular weight is 245 g/mol. The fraction of sp³-hybridized carbons (Fsp3) is 0.417. The van der Waals surface area contributed by atoms with E-state index in [-0.39, 0.29) is 12.5 Å². The third-order valence-electron chi connectivity index (χ3n) is 3.00. The molecule has 1 saturated carbocycles. The number of hydrogen-bond donors (Lipinski definition) is 2. The van der Waals surface area contributed by atoms with E-state index in [1.54, 1.807) is 10.8 Å². The number of nitrogens with two attached hydrogens (primary N) is 1. The van der Waals surface area contributed by atoms with Gasteiger partial charge in [-0.15, -0.1) is 0 Å². The first-order valence-corrected chi connectivity index (χ1v) is 6.01. The zero-order chi connectivity index (χ0) is 12.7. The Balaban J connectivity index is 1.90. The lowest BCUT2D eigenvalue weighted by atomic mass is 10.3. The Hall–Kier alpha value is -2.11. The first-order chi connectivity index (χ1) is 8.63. The average Bonchev–Trinajstić information content (AvgIpc) is 3.05. The van der Waals surface area contributed by atoms with E-state index in [1.807, 2.05) is 13.0 Å². The van der Waals surface area contributed by atoms with Crippen LogP contribution in [0.1, 0.15) is 18.4 Å². The zero-order valence-electron chi connectivity index (χ0n) is 10.2. The highest BCUT2D eigenvalue weighted by molar-refractivity contribution is 5.81. The molecule has 0 bridgehead atoms. The molecule has 0 atom stereocenters. The Kier molecular flexibility index (Phi) is 2.43. The number of pyridine rings is 1. The monoisotopic (exact) mass is 245 g/mol. The van der Waals surface area contributed by atoms with Gasteiger partial charge in [0.25, 0.3) is 0 Å². The van der Waals surface area contributed by atoms with Gasteiger partial charge in [0, 0.05) is 12.2 Å². The van der Waals surface area contributed by atoms with Crippen LogP contribution in [0.3, 0.4) is 0 Å². The first kappa shape index (κ1) is 11.0. The summed E-state index contributed by atoms with van der Waals surface area (Å²) in [6, 6.07) is 2.26. The van der Waals surface area contributed by atoms with Gasteiger partial charge in [-0.3, -0.25) is 9.36 Å². The van der Waals surface area contributed by atoms with Crippen LogP contribution in [-0.4, -0.2) is 26.5 Å². The Labute approximate surface area is 104 Å². The Morgan fingerprint density at radius 3 is 3.11 bits per heavy atom. The highest BCUT2D eigenvalue weighted by Gasteiger charge is 2.24. The number of aryl methyl sites for hydroxylation is 1. The van der Waals surface area contributed by atoms with Gasteiger partial charge < -0.3 is 11.1 Å². The molecule has 1 aliphatic rings. The van der Waals surface area contributed by atoms with Gasteiger partial charge in [-0.25, -0.2) is 9.97 Å². The summed E-state index contributed by atoms with van der Waals surface area (Å²) in [4.78, 5) is 20.3. The normalized spacial score (nSPS) is 14.9. The van der Waals surface area contributed by atoms with Gasteiger partial charge in [0.05, 0.1) is 0 Å². The van der Waals surface area contributed by atoms with Gasteiger partial charge in [0.2, 0.25) is 11.9 Å². The molecule has 0 aromatic carbocycles. The molecule has 2 heterocycles. The smallest absolute Gasteiger partial charge is 0.240 e. The summed E-state index contributed by atoms with van der Waals surface area (Å²) >= 11 is 0. The third kappa shape index (κ3) is 2.01. The molecule has 6 heteroatoms. The van der Waals surface area contributed by atoms with Crippen molar-refractivity contribution in [2.75, 3.05) is 5.73 Å². The molecule has 3 rings (SSSR count). The third-order valence-corrected chi connectivity index (χ3v) is 3.00. The molecule has 0 unspecified atom stereocenters. The van der Waals surface area contributed by atoms with Crippen molar-refractivity contribution in [2.24, 2.45) is 0 Å². The van der Waals surface area contributed by atoms with Crippen LogP contribution in [-0.2, 0) is 11.3 Å². The molecule has 2 aromatic heterocycles. The molecule has 0 radical (unpaired) electrons. The molecule has 1 aliphatic carbocycles. The second-order valence-electron chi connectivity index (χ2n) is 4.75. The summed E-state index contributed by atoms with van der Waals surface area (Å²) in [5, 5.41) is 2.92. The standard InChI is InChI=1S/C12H15N5O/c1-7-4-9-11(14-5-7)17(12(13)16-9)6-10(18)15-8-2-3-8/h4-5,8H,2-3,6H2,1H3,(H2,13,16)(H,15,18). The maximum atomic E-state index is 11.8. The van der Waals surface area contributed by atoms with Gasteiger partial charge in [0.1, 0.15) is 12.1 Å². The molecule has 2 aromatic rings. The Bertz CT molecular complexity index is 614. The number of imidazole rings is 1. The second kappa shape index (κ2) is 3.97. The van der Waals surface area contributed by atoms with E-state index in [9.17, 15) is 4.79 Å². The van der Waals surface area contributed by atoms with Crippen molar-refractivity contribution in [1.82, 2.24) is 19.9 Å². The van der Waals surface area contributed by atoms with Gasteiger partial charge >= 0.3 is 0 Å². The number of fused-ring (bicyclic) bond motifs is 1. The van der Waals surface area contributed by atoms with E-state index >= 15 is 0 Å². The number of carbonyl (C=O) groups excluding carboxylic acids is 1. The quantitative estimate of drug-likeness (QED) is 0.829. The molecule has 0 aliphatic heterocycles. The van der Waals surface area contributed by atoms with E-state index in [0.717, 1.165) is 23.9 Å². The van der Waals surface area contributed by atoms with Crippen molar-refractivity contribution in [2.45, 2.75) is 32.4 Å². The first-order valence-electron chi connectivity index (χ1n) is 6.01. The number of nitrogens with one attached hydrogen (secondary N) is 1. The van der Waals surface area contributed by atoms with Crippen molar-refractivity contribution in [3.63, 3.8) is 0 Å². The van der Waals surface area contributed by atoms with Crippen LogP contribution < -0.4 is 11.1 Å². The molecule has 94 valence electrons. The minimum Gasteiger partial charge on any atom is -0.369 e. The lowest BCUT2D eigenvalue weighted by molar-refractivity contribution is -0.121. The van der Waals surface area contributed by atoms with Gasteiger partial charge in [-0.1, -0.05) is 0 Å². The molecule has 0 saturated heterocycles. The minimum absolute atomic E-state index is 0.0362. The van der Waals surface area contributed by atoms with Gasteiger partial charge in [-0.2, -0.15) is 0 Å². The van der Waals surface area contributed by atoms with E-state index in [4.69, 9.17) is 5.73 Å². The molecule has 3 N–H and O–H groups in total. The van der Waals surface area contributed by atoms with Crippen molar-refractivity contribution >= 4 is 23.0 Å². The number of hydrogen-bond acceptors (Lipinski definition) is 4. The molecule has 1 amide bonds. The summed E-state index contributed by atoms with van der Waals surface area (Å²) in [6.45, 7) is 2.12. The summed E-state index contributed by atoms with van der Waals surface area (Å²) < 4.78 is 1.65. The molecular formula is C12H15N5O. The summed E-state index contributed by atoms with van der Waals surface area (Å²) in [6.07, 6.45) is 3.89. The maximum absolute atomic E-state index is 11.8. The highest BCUT2D eigenvalue weighted by Crippen LogP contribution is 2.19. The fourth-order valence-electron chi connectivity index (χ4n) is 1.93. The second-order valence-corrected chi connectivity index (χ2v) is 4.75. The number of rotatable bonds is 3. The predicted molar refractivity (Wildman–Crippen MR) is 67.8 cm³/mol. The van der Waals surface area contributed by atoms with Gasteiger partial charge in [0.15, 0.2) is 5.65 Å². The molecule has 6 nitrogen and oxygen atoms in total. The van der Waals surface area contributed by atoms with Crippen LogP contribution in [0.15, 0.2) is 12.3 Å². The Morgan fingerprint density at radius 2 is 2.39 bits per heavy atom. The topological polar surface area (TPSA) is 85.8 Å². The molecule has 0 spiro atoms. The molecule has 1 fully saturated rings. The van der Waals surface area contributed by atoms with Crippen LogP contribution in [0.2, 0.25) is 0 Å². The lowest BCUT2D eigenvalue weighted by Crippen LogP contribution is -2.29. The summed E-state index contributed by atoms with van der Waals surface area (Å²) in [7, 11) is 0. The van der Waals surface area contributed by atoms with E-state index in [0.29, 0.717) is 17.6 Å². The number of nitrogens with zero attached hydrogens (tertiary/aromatic N) is 3. The summed E-state index contributed by atoms with van der Waals surface area (Å²) in [5.41, 5.74) is 8.24. The number of carbonyl (C=O) groups is 1. The lowest BCUT2D eigenvalue weighted by Gasteiger charge is -2.06. The van der Waals surface area contributed by atoms with Crippen LogP contribution >= 0.6 is 0 Å². The van der Waals surface area contributed by atoms with Crippen LogP contribution in [0.4, 0.5) is 5.95 Å². The molecular weight excluding hydrogens is 230 g/mol. The number of aromatic nitrogens is 3. The largest absolute Gasteiger partial charge is 0.369 e. The number of nitrogen functional groups attached to an aromatic ring is 1. The minimum atomic E-state index is -0.0362. The molecule has 18 heavy (non-hydrogen) atoms. The number of anilines is 1. The zero-order valence-corrected chi connectivity index (χ0v) is 10.2. The van der Waals surface area contributed by atoms with Crippen molar-refractivity contribution < 1.29 is 4.79 Å². The van der Waals surface area contributed by atoms with Crippen molar-refractivity contribution in [3.8, 4) is 0 Å². The maximum Gasteiger partial charge on any atom is 0.240 e. The van der Waals surface area contributed by atoms with Crippen LogP contribution in [0.25, 0.3) is 11.2 Å². The van der Waals surface area contributed by atoms with Crippen LogP contribution in [0, 0.1) is 6.92 Å². The van der Waals surface area contributed by atoms with Crippen LogP contribution in [0.5, 0.6) is 0 Å². The fourth-order valence-corrected chi connectivity index (χ4v) is 1.93. The van der Waals surface area contributed by atoms with E-state index < -0.39 is 0 Å². The van der Waals surface area contributed by atoms with Gasteiger partial charge in [-0.05, 0) is 31.4 Å². The highest BCUT2D eigenvalue weighted by atomic mass is 16.2. The Morgan fingerprint density at radius 1 is 1.61 bits per heavy atom. The summed E-state index contributed by atoms with van der Waals surface area (Å²) in [5.74, 6) is 0.292. The SMILES string of the molecule is Cc1cnc2c(c1)nc(N)n2CC(=O)NC1CC1. The van der Waals surface area contributed by atoms with Crippen molar-refractivity contribution in [1.29, 1.82) is 0 Å². The van der Waals surface area contributed by atoms with Crippen molar-refractivity contribution in [3.05, 3.63) is 17.8 Å². The predicted octanol–water partition coefficient (Wildman–Crippen LogP) is 0.601. The van der Waals surface area contributed by atoms with E-state index in [2.05, 4.69) is 15.3 Å². The van der Waals surface area contributed by atoms with E-state index in [1.165, 1.54) is 0 Å².